The van der Waals surface area contributed by atoms with Gasteiger partial charge in [-0.3, -0.25) is 4.79 Å². The maximum Gasteiger partial charge on any atom is 0.254 e. The average molecular weight is 329 g/mol. The van der Waals surface area contributed by atoms with Crippen molar-refractivity contribution in [2.75, 3.05) is 13.1 Å². The van der Waals surface area contributed by atoms with Crippen LogP contribution in [0.2, 0.25) is 5.02 Å². The van der Waals surface area contributed by atoms with E-state index in [0.29, 0.717) is 29.4 Å². The van der Waals surface area contributed by atoms with E-state index in [4.69, 9.17) is 17.3 Å². The maximum atomic E-state index is 12.0. The Morgan fingerprint density at radius 3 is 2.67 bits per heavy atom. The number of amides is 1. The molecule has 5 nitrogen and oxygen atoms in total. The number of aromatic nitrogens is 2. The second-order valence-corrected chi connectivity index (χ2v) is 4.88. The summed E-state index contributed by atoms with van der Waals surface area (Å²) < 4.78 is 1.67. The highest BCUT2D eigenvalue weighted by atomic mass is 35.5. The van der Waals surface area contributed by atoms with Gasteiger partial charge in [-0.2, -0.15) is 5.10 Å². The number of benzene rings is 1. The number of aryl methyl sites for hydroxylation is 1. The van der Waals surface area contributed by atoms with Crippen molar-refractivity contribution in [3.63, 3.8) is 0 Å². The van der Waals surface area contributed by atoms with Crippen LogP contribution in [-0.2, 0) is 0 Å². The fourth-order valence-corrected chi connectivity index (χ4v) is 1.93. The fourth-order valence-electron chi connectivity index (χ4n) is 1.81. The zero-order chi connectivity index (χ0) is 14.5. The minimum absolute atomic E-state index is 0. The highest BCUT2D eigenvalue weighted by Gasteiger charge is 2.13. The summed E-state index contributed by atoms with van der Waals surface area (Å²) in [5, 5.41) is 7.83. The lowest BCUT2D eigenvalue weighted by atomic mass is 10.2. The van der Waals surface area contributed by atoms with Crippen molar-refractivity contribution in [1.29, 1.82) is 0 Å². The zero-order valence-electron chi connectivity index (χ0n) is 11.7. The van der Waals surface area contributed by atoms with Crippen LogP contribution in [0.4, 0.5) is 0 Å². The van der Waals surface area contributed by atoms with Crippen LogP contribution < -0.4 is 11.1 Å². The topological polar surface area (TPSA) is 72.9 Å². The molecule has 2 rings (SSSR count). The Hall–Kier alpha value is -1.56. The van der Waals surface area contributed by atoms with Crippen LogP contribution in [0.3, 0.4) is 0 Å². The average Bonchev–Trinajstić information content (AvgIpc) is 2.82. The van der Waals surface area contributed by atoms with Gasteiger partial charge in [-0.05, 0) is 44.2 Å². The molecule has 0 atom stereocenters. The molecule has 0 fully saturated rings. The lowest BCUT2D eigenvalue weighted by molar-refractivity contribution is 0.0953. The molecule has 2 aromatic rings. The van der Waals surface area contributed by atoms with Gasteiger partial charge in [0.2, 0.25) is 0 Å². The number of rotatable bonds is 5. The van der Waals surface area contributed by atoms with Crippen LogP contribution in [0.1, 0.15) is 22.5 Å². The maximum absolute atomic E-state index is 12.0. The third-order valence-corrected chi connectivity index (χ3v) is 3.15. The van der Waals surface area contributed by atoms with Crippen molar-refractivity contribution in [2.24, 2.45) is 5.73 Å². The molecule has 3 N–H and O–H groups in total. The van der Waals surface area contributed by atoms with E-state index in [1.165, 1.54) is 0 Å². The standard InChI is InChI=1S/C14H17ClN4O.ClH/c1-10-13(14(20)17-8-2-7-16)9-19(18-10)12-5-3-11(15)4-6-12;/h3-6,9H,2,7-8,16H2,1H3,(H,17,20);1H. The third-order valence-electron chi connectivity index (χ3n) is 2.90. The van der Waals surface area contributed by atoms with E-state index in [-0.39, 0.29) is 18.3 Å². The number of hydrogen-bond acceptors (Lipinski definition) is 3. The molecule has 0 aliphatic heterocycles. The van der Waals surface area contributed by atoms with Crippen molar-refractivity contribution in [3.05, 3.63) is 46.7 Å². The van der Waals surface area contributed by atoms with Gasteiger partial charge in [0.05, 0.1) is 16.9 Å². The van der Waals surface area contributed by atoms with Gasteiger partial charge in [0.25, 0.3) is 5.91 Å². The lowest BCUT2D eigenvalue weighted by Gasteiger charge is -2.02. The molecule has 0 saturated heterocycles. The minimum Gasteiger partial charge on any atom is -0.352 e. The van der Waals surface area contributed by atoms with E-state index in [9.17, 15) is 4.79 Å². The number of halogens is 2. The highest BCUT2D eigenvalue weighted by molar-refractivity contribution is 6.30. The van der Waals surface area contributed by atoms with Crippen LogP contribution in [0.15, 0.2) is 30.5 Å². The molecule has 114 valence electrons. The van der Waals surface area contributed by atoms with Gasteiger partial charge in [-0.1, -0.05) is 11.6 Å². The molecule has 1 aromatic heterocycles. The van der Waals surface area contributed by atoms with Crippen molar-refractivity contribution in [2.45, 2.75) is 13.3 Å². The monoisotopic (exact) mass is 328 g/mol. The predicted molar refractivity (Wildman–Crippen MR) is 86.6 cm³/mol. The summed E-state index contributed by atoms with van der Waals surface area (Å²) in [4.78, 5) is 12.0. The minimum atomic E-state index is -0.129. The molecule has 0 spiro atoms. The summed E-state index contributed by atoms with van der Waals surface area (Å²) in [6.07, 6.45) is 2.48. The molecule has 0 saturated carbocycles. The Morgan fingerprint density at radius 1 is 1.38 bits per heavy atom. The first-order valence-electron chi connectivity index (χ1n) is 6.42. The summed E-state index contributed by atoms with van der Waals surface area (Å²) in [6.45, 7) is 2.94. The molecule has 0 aliphatic rings. The Balaban J connectivity index is 0.00000220. The van der Waals surface area contributed by atoms with Crippen LogP contribution in [-0.4, -0.2) is 28.8 Å². The Labute approximate surface area is 134 Å². The van der Waals surface area contributed by atoms with Crippen LogP contribution in [0.5, 0.6) is 0 Å². The second-order valence-electron chi connectivity index (χ2n) is 4.45. The Kier molecular flexibility index (Phi) is 6.68. The quantitative estimate of drug-likeness (QED) is 0.827. The van der Waals surface area contributed by atoms with Crippen LogP contribution >= 0.6 is 24.0 Å². The second kappa shape index (κ2) is 8.02. The summed E-state index contributed by atoms with van der Waals surface area (Å²) in [7, 11) is 0. The Bertz CT molecular complexity index is 596. The fraction of sp³-hybridized carbons (Fsp3) is 0.286. The number of nitrogens with zero attached hydrogens (tertiary/aromatic N) is 2. The van der Waals surface area contributed by atoms with Crippen LogP contribution in [0.25, 0.3) is 5.69 Å². The van der Waals surface area contributed by atoms with Gasteiger partial charge in [0, 0.05) is 17.8 Å². The molecule has 0 radical (unpaired) electrons. The molecular formula is C14H18Cl2N4O. The van der Waals surface area contributed by atoms with Gasteiger partial charge < -0.3 is 11.1 Å². The normalized spacial score (nSPS) is 10.0. The molecule has 21 heavy (non-hydrogen) atoms. The summed E-state index contributed by atoms with van der Waals surface area (Å²) in [5.74, 6) is -0.129. The molecule has 1 heterocycles. The van der Waals surface area contributed by atoms with E-state index >= 15 is 0 Å². The molecular weight excluding hydrogens is 311 g/mol. The van der Waals surface area contributed by atoms with Gasteiger partial charge in [0.1, 0.15) is 0 Å². The van der Waals surface area contributed by atoms with Gasteiger partial charge in [-0.15, -0.1) is 12.4 Å². The highest BCUT2D eigenvalue weighted by Crippen LogP contribution is 2.15. The van der Waals surface area contributed by atoms with E-state index in [2.05, 4.69) is 10.4 Å². The van der Waals surface area contributed by atoms with Crippen LogP contribution in [0, 0.1) is 6.92 Å². The summed E-state index contributed by atoms with van der Waals surface area (Å²) in [6, 6.07) is 7.28. The lowest BCUT2D eigenvalue weighted by Crippen LogP contribution is -2.26. The van der Waals surface area contributed by atoms with Crippen molar-refractivity contribution in [3.8, 4) is 5.69 Å². The first-order chi connectivity index (χ1) is 9.61. The third kappa shape index (κ3) is 4.46. The van der Waals surface area contributed by atoms with Crippen molar-refractivity contribution >= 4 is 29.9 Å². The summed E-state index contributed by atoms with van der Waals surface area (Å²) in [5.41, 5.74) is 7.51. The SMILES string of the molecule is Cc1nn(-c2ccc(Cl)cc2)cc1C(=O)NCCCN.Cl. The predicted octanol–water partition coefficient (Wildman–Crippen LogP) is 2.33. The number of nitrogens with one attached hydrogen (secondary N) is 1. The molecule has 1 amide bonds. The molecule has 0 unspecified atom stereocenters. The Morgan fingerprint density at radius 2 is 2.05 bits per heavy atom. The number of nitrogens with two attached hydrogens (primary N) is 1. The van der Waals surface area contributed by atoms with Crippen molar-refractivity contribution in [1.82, 2.24) is 15.1 Å². The first-order valence-corrected chi connectivity index (χ1v) is 6.80. The zero-order valence-corrected chi connectivity index (χ0v) is 13.2. The number of carbonyl (C=O) groups excluding carboxylic acids is 1. The largest absolute Gasteiger partial charge is 0.352 e. The number of carbonyl (C=O) groups is 1. The molecule has 0 aliphatic carbocycles. The van der Waals surface area contributed by atoms with E-state index in [0.717, 1.165) is 12.1 Å². The van der Waals surface area contributed by atoms with E-state index in [1.54, 1.807) is 23.0 Å². The van der Waals surface area contributed by atoms with Gasteiger partial charge in [0.15, 0.2) is 0 Å². The molecule has 0 bridgehead atoms. The molecule has 7 heteroatoms. The van der Waals surface area contributed by atoms with E-state index in [1.807, 2.05) is 19.1 Å². The number of hydrogen-bond donors (Lipinski definition) is 2. The summed E-state index contributed by atoms with van der Waals surface area (Å²) >= 11 is 5.85. The van der Waals surface area contributed by atoms with Gasteiger partial charge in [-0.25, -0.2) is 4.68 Å². The molecule has 1 aromatic carbocycles. The first kappa shape index (κ1) is 17.5. The van der Waals surface area contributed by atoms with Gasteiger partial charge >= 0.3 is 0 Å². The van der Waals surface area contributed by atoms with Crippen molar-refractivity contribution < 1.29 is 4.79 Å². The van der Waals surface area contributed by atoms with E-state index < -0.39 is 0 Å². The smallest absolute Gasteiger partial charge is 0.254 e.